The van der Waals surface area contributed by atoms with Crippen molar-refractivity contribution in [3.63, 3.8) is 0 Å². The van der Waals surface area contributed by atoms with Gasteiger partial charge in [0.15, 0.2) is 0 Å². The third-order valence-corrected chi connectivity index (χ3v) is 9.90. The predicted molar refractivity (Wildman–Crippen MR) is 158 cm³/mol. The first-order chi connectivity index (χ1) is 17.8. The summed E-state index contributed by atoms with van der Waals surface area (Å²) in [5.74, 6) is -1.60. The number of ether oxygens (including phenoxy) is 2. The maximum absolute atomic E-state index is 13.3. The summed E-state index contributed by atoms with van der Waals surface area (Å²) in [6.45, 7) is 11.3. The van der Waals surface area contributed by atoms with Gasteiger partial charge < -0.3 is 19.7 Å². The molecule has 3 rings (SSSR count). The number of aliphatic hydroxyl groups is 2. The molecule has 0 amide bonds. The molecule has 3 heterocycles. The number of fused-ring (bicyclic) bond motifs is 1. The minimum Gasteiger partial charge on any atom is -0.458 e. The SMILES string of the molecule is C/C(=C\c1csc(COSI)n1)[C@@H]1C[C@@H]2O[C@]2(C)CCCC(C)[C@H](O)C(C)C(=O)C(C)(C)C(O)CC(=O)O1. The molecule has 214 valence electrons. The van der Waals surface area contributed by atoms with E-state index in [1.54, 1.807) is 20.8 Å². The van der Waals surface area contributed by atoms with Gasteiger partial charge in [0.25, 0.3) is 0 Å². The second kappa shape index (κ2) is 13.4. The standard InChI is InChI=1S/C27H40INO7S2/c1-15-8-7-9-27(6)21(36-27)11-19(16(2)10-18-14-37-22(29-18)13-34-38-28)35-23(31)12-20(30)26(4,5)25(33)17(3)24(15)32/h10,14-15,17,19-21,24,30,32H,7-9,11-13H2,1-6H3/b16-10+/t15?,17?,19-,20?,21-,24-,27+/m0/s1. The number of hydrogen-bond donors (Lipinski definition) is 2. The Hall–Kier alpha value is -0.570. The van der Waals surface area contributed by atoms with Crippen LogP contribution in [-0.2, 0) is 29.9 Å². The van der Waals surface area contributed by atoms with E-state index < -0.39 is 35.6 Å². The molecule has 11 heteroatoms. The van der Waals surface area contributed by atoms with Crippen molar-refractivity contribution in [2.24, 2.45) is 17.3 Å². The van der Waals surface area contributed by atoms with Crippen LogP contribution < -0.4 is 0 Å². The van der Waals surface area contributed by atoms with Gasteiger partial charge in [-0.15, -0.1) is 11.3 Å². The van der Waals surface area contributed by atoms with Crippen LogP contribution in [0.1, 0.15) is 84.3 Å². The molecule has 0 aliphatic carbocycles. The Morgan fingerprint density at radius 1 is 1.32 bits per heavy atom. The van der Waals surface area contributed by atoms with Crippen LogP contribution >= 0.6 is 41.8 Å². The van der Waals surface area contributed by atoms with E-state index in [1.165, 1.54) is 20.6 Å². The molecule has 0 bridgehead atoms. The molecule has 3 unspecified atom stereocenters. The van der Waals surface area contributed by atoms with Crippen molar-refractivity contribution in [2.75, 3.05) is 0 Å². The number of carbonyl (C=O) groups excluding carboxylic acids is 2. The summed E-state index contributed by atoms with van der Waals surface area (Å²) in [6, 6.07) is 0. The van der Waals surface area contributed by atoms with Gasteiger partial charge in [0.1, 0.15) is 23.5 Å². The number of nitrogens with zero attached hydrogens (tertiary/aromatic N) is 1. The highest BCUT2D eigenvalue weighted by Gasteiger charge is 2.53. The summed E-state index contributed by atoms with van der Waals surface area (Å²) >= 11 is 3.57. The van der Waals surface area contributed by atoms with E-state index in [9.17, 15) is 19.8 Å². The van der Waals surface area contributed by atoms with E-state index in [0.29, 0.717) is 13.0 Å². The van der Waals surface area contributed by atoms with E-state index in [2.05, 4.69) is 33.1 Å². The van der Waals surface area contributed by atoms with Crippen molar-refractivity contribution in [1.29, 1.82) is 0 Å². The lowest BCUT2D eigenvalue weighted by atomic mass is 9.73. The van der Waals surface area contributed by atoms with Crippen LogP contribution in [0.25, 0.3) is 6.08 Å². The van der Waals surface area contributed by atoms with Crippen molar-refractivity contribution < 1.29 is 33.5 Å². The van der Waals surface area contributed by atoms with Crippen LogP contribution in [0.15, 0.2) is 11.0 Å². The lowest BCUT2D eigenvalue weighted by Gasteiger charge is -2.34. The number of Topliss-reactive ketones (excluding diaryl/α,β-unsaturated/α-hetero) is 1. The van der Waals surface area contributed by atoms with Crippen LogP contribution in [-0.4, -0.2) is 57.0 Å². The summed E-state index contributed by atoms with van der Waals surface area (Å²) < 4.78 is 17.3. The first-order valence-electron chi connectivity index (χ1n) is 13.1. The second-order valence-corrected chi connectivity index (χ2v) is 13.9. The smallest absolute Gasteiger partial charge is 0.309 e. The summed E-state index contributed by atoms with van der Waals surface area (Å²) in [4.78, 5) is 30.9. The number of carbonyl (C=O) groups is 2. The number of aromatic nitrogens is 1. The zero-order valence-electron chi connectivity index (χ0n) is 22.9. The molecule has 1 aromatic heterocycles. The van der Waals surface area contributed by atoms with Crippen LogP contribution in [0, 0.1) is 17.3 Å². The number of esters is 1. The van der Waals surface area contributed by atoms with Gasteiger partial charge in [-0.1, -0.05) is 34.1 Å². The minimum absolute atomic E-state index is 0.0706. The van der Waals surface area contributed by atoms with E-state index in [4.69, 9.17) is 13.7 Å². The Kier molecular flexibility index (Phi) is 11.3. The molecule has 2 fully saturated rings. The minimum atomic E-state index is -1.25. The molecule has 0 saturated carbocycles. The van der Waals surface area contributed by atoms with Gasteiger partial charge in [0, 0.05) is 38.9 Å². The highest BCUT2D eigenvalue weighted by Crippen LogP contribution is 2.45. The monoisotopic (exact) mass is 681 g/mol. The molecule has 0 radical (unpaired) electrons. The largest absolute Gasteiger partial charge is 0.458 e. The number of ketones is 1. The molecular weight excluding hydrogens is 641 g/mol. The average Bonchev–Trinajstić information content (AvgIpc) is 3.27. The Bertz CT molecular complexity index is 1020. The summed E-state index contributed by atoms with van der Waals surface area (Å²) in [5.41, 5.74) is 0.0520. The molecule has 7 atom stereocenters. The van der Waals surface area contributed by atoms with Gasteiger partial charge in [-0.05, 0) is 44.3 Å². The second-order valence-electron chi connectivity index (χ2n) is 11.5. The Morgan fingerprint density at radius 2 is 2.03 bits per heavy atom. The van der Waals surface area contributed by atoms with Crippen molar-refractivity contribution >= 4 is 59.6 Å². The van der Waals surface area contributed by atoms with Gasteiger partial charge in [-0.2, -0.15) is 0 Å². The predicted octanol–water partition coefficient (Wildman–Crippen LogP) is 5.68. The van der Waals surface area contributed by atoms with E-state index in [0.717, 1.165) is 35.5 Å². The van der Waals surface area contributed by atoms with Gasteiger partial charge in [-0.3, -0.25) is 13.8 Å². The zero-order chi connectivity index (χ0) is 28.3. The molecule has 2 aliphatic heterocycles. The number of thiazole rings is 1. The van der Waals surface area contributed by atoms with Crippen LogP contribution in [0.5, 0.6) is 0 Å². The van der Waals surface area contributed by atoms with Crippen LogP contribution in [0.2, 0.25) is 0 Å². The normalized spacial score (nSPS) is 35.4. The maximum Gasteiger partial charge on any atom is 0.309 e. The maximum atomic E-state index is 13.3. The van der Waals surface area contributed by atoms with Crippen molar-refractivity contribution in [2.45, 2.75) is 110 Å². The number of epoxide rings is 1. The highest BCUT2D eigenvalue weighted by atomic mass is 127. The molecule has 0 spiro atoms. The number of halogens is 1. The van der Waals surface area contributed by atoms with Crippen molar-refractivity contribution in [1.82, 2.24) is 4.98 Å². The number of rotatable bonds is 5. The molecule has 2 N–H and O–H groups in total. The zero-order valence-corrected chi connectivity index (χ0v) is 26.7. The number of aliphatic hydroxyl groups excluding tert-OH is 2. The Labute approximate surface area is 246 Å². The molecular formula is C27H40INO7S2. The molecule has 8 nitrogen and oxygen atoms in total. The fourth-order valence-corrected chi connectivity index (χ4v) is 6.43. The fourth-order valence-electron chi connectivity index (χ4n) is 5.15. The van der Waals surface area contributed by atoms with Gasteiger partial charge in [0.2, 0.25) is 0 Å². The van der Waals surface area contributed by atoms with Crippen molar-refractivity contribution in [3.05, 3.63) is 21.7 Å². The van der Waals surface area contributed by atoms with Crippen LogP contribution in [0.4, 0.5) is 0 Å². The third-order valence-electron chi connectivity index (χ3n) is 8.09. The molecule has 2 saturated heterocycles. The number of hydrogen-bond acceptors (Lipinski definition) is 10. The molecule has 2 aliphatic rings. The molecule has 38 heavy (non-hydrogen) atoms. The quantitative estimate of drug-likeness (QED) is 0.175. The van der Waals surface area contributed by atoms with Crippen LogP contribution in [0.3, 0.4) is 0 Å². The van der Waals surface area contributed by atoms with Gasteiger partial charge in [-0.25, -0.2) is 4.98 Å². The molecule has 0 aromatic carbocycles. The Balaban J connectivity index is 1.83. The lowest BCUT2D eigenvalue weighted by molar-refractivity contribution is -0.154. The van der Waals surface area contributed by atoms with Gasteiger partial charge in [0.05, 0.1) is 50.7 Å². The summed E-state index contributed by atoms with van der Waals surface area (Å²) in [5, 5.41) is 24.6. The average molecular weight is 682 g/mol. The third kappa shape index (κ3) is 8.01. The first-order valence-corrected chi connectivity index (χ1v) is 17.3. The summed E-state index contributed by atoms with van der Waals surface area (Å²) in [7, 11) is 1.26. The van der Waals surface area contributed by atoms with Gasteiger partial charge >= 0.3 is 5.97 Å². The fraction of sp³-hybridized carbons (Fsp3) is 0.741. The topological polar surface area (TPSA) is 118 Å². The highest BCUT2D eigenvalue weighted by molar-refractivity contribution is 14.2. The summed E-state index contributed by atoms with van der Waals surface area (Å²) in [6.07, 6.45) is 1.79. The lowest BCUT2D eigenvalue weighted by Crippen LogP contribution is -2.45. The number of cyclic esters (lactones) is 1. The van der Waals surface area contributed by atoms with E-state index >= 15 is 0 Å². The van der Waals surface area contributed by atoms with E-state index in [1.807, 2.05) is 25.3 Å². The van der Waals surface area contributed by atoms with E-state index in [-0.39, 0.29) is 29.8 Å². The molecule has 1 aromatic rings. The first kappa shape index (κ1) is 32.0. The Morgan fingerprint density at radius 3 is 2.71 bits per heavy atom. The van der Waals surface area contributed by atoms with Crippen molar-refractivity contribution in [3.8, 4) is 0 Å².